The topological polar surface area (TPSA) is 21.3 Å². The highest BCUT2D eigenvalue weighted by Gasteiger charge is 2.20. The van der Waals surface area contributed by atoms with Gasteiger partial charge in [0.05, 0.1) is 11.6 Å². The number of hydrogen-bond donors (Lipinski definition) is 1. The maximum Gasteiger partial charge on any atom is 0.137 e. The highest BCUT2D eigenvalue weighted by molar-refractivity contribution is 7.09. The normalized spacial score (nSPS) is 14.4. The van der Waals surface area contributed by atoms with E-state index in [-0.39, 0.29) is 0 Å². The van der Waals surface area contributed by atoms with E-state index in [9.17, 15) is 0 Å². The van der Waals surface area contributed by atoms with Gasteiger partial charge in [0.15, 0.2) is 0 Å². The molecule has 1 fully saturated rings. The van der Waals surface area contributed by atoms with Gasteiger partial charge in [0.2, 0.25) is 0 Å². The summed E-state index contributed by atoms with van der Waals surface area (Å²) in [5.74, 6) is 0.776. The van der Waals surface area contributed by atoms with Crippen molar-refractivity contribution in [2.24, 2.45) is 0 Å². The summed E-state index contributed by atoms with van der Waals surface area (Å²) in [5, 5.41) is 6.27. The van der Waals surface area contributed by atoms with Crippen LogP contribution in [0.2, 0.25) is 5.02 Å². The van der Waals surface area contributed by atoms with Crippen molar-refractivity contribution in [3.8, 4) is 5.75 Å². The summed E-state index contributed by atoms with van der Waals surface area (Å²) in [7, 11) is 0. The molecule has 1 heterocycles. The van der Waals surface area contributed by atoms with Crippen molar-refractivity contribution in [3.05, 3.63) is 51.2 Å². The minimum absolute atomic E-state index is 0.667. The minimum atomic E-state index is 0.667. The monoisotopic (exact) mass is 307 g/mol. The Balaban J connectivity index is 1.50. The Labute approximate surface area is 128 Å². The number of nitrogens with one attached hydrogen (secondary N) is 1. The standard InChI is InChI=1S/C16H18ClNOS/c17-15-10-12(11-18-13-4-5-13)3-6-16(15)19-8-7-14-2-1-9-20-14/h1-3,6,9-10,13,18H,4-5,7-8,11H2. The van der Waals surface area contributed by atoms with Gasteiger partial charge in [-0.3, -0.25) is 0 Å². The smallest absolute Gasteiger partial charge is 0.137 e. The average Bonchev–Trinajstić information content (AvgIpc) is 3.14. The molecule has 1 N–H and O–H groups in total. The molecular weight excluding hydrogens is 290 g/mol. The van der Waals surface area contributed by atoms with Gasteiger partial charge in [-0.2, -0.15) is 0 Å². The Morgan fingerprint density at radius 2 is 2.20 bits per heavy atom. The molecule has 4 heteroatoms. The van der Waals surface area contributed by atoms with Crippen molar-refractivity contribution in [3.63, 3.8) is 0 Å². The molecule has 1 aromatic heterocycles. The first-order chi connectivity index (χ1) is 9.81. The molecule has 0 aliphatic heterocycles. The van der Waals surface area contributed by atoms with Crippen LogP contribution in [-0.4, -0.2) is 12.6 Å². The van der Waals surface area contributed by atoms with Gasteiger partial charge < -0.3 is 10.1 Å². The van der Waals surface area contributed by atoms with Crippen LogP contribution >= 0.6 is 22.9 Å². The summed E-state index contributed by atoms with van der Waals surface area (Å²) in [5.41, 5.74) is 1.22. The molecule has 1 aromatic carbocycles. The Kier molecular flexibility index (Phi) is 4.61. The fourth-order valence-electron chi connectivity index (χ4n) is 2.04. The molecule has 1 aliphatic rings. The van der Waals surface area contributed by atoms with Crippen LogP contribution < -0.4 is 10.1 Å². The maximum atomic E-state index is 6.27. The first-order valence-electron chi connectivity index (χ1n) is 6.98. The number of halogens is 1. The molecule has 0 spiro atoms. The summed E-state index contributed by atoms with van der Waals surface area (Å²) in [6.07, 6.45) is 3.54. The second-order valence-corrected chi connectivity index (χ2v) is 6.54. The average molecular weight is 308 g/mol. The third kappa shape index (κ3) is 3.98. The third-order valence-corrected chi connectivity index (χ3v) is 4.59. The van der Waals surface area contributed by atoms with E-state index in [1.54, 1.807) is 11.3 Å². The lowest BCUT2D eigenvalue weighted by Gasteiger charge is -2.09. The van der Waals surface area contributed by atoms with Gasteiger partial charge in [0, 0.05) is 23.9 Å². The molecule has 0 amide bonds. The zero-order valence-corrected chi connectivity index (χ0v) is 12.8. The van der Waals surface area contributed by atoms with Crippen LogP contribution in [0.25, 0.3) is 0 Å². The molecule has 1 saturated carbocycles. The summed E-state index contributed by atoms with van der Waals surface area (Å²) >= 11 is 8.03. The van der Waals surface area contributed by atoms with Crippen LogP contribution in [0.5, 0.6) is 5.75 Å². The predicted molar refractivity (Wildman–Crippen MR) is 84.8 cm³/mol. The van der Waals surface area contributed by atoms with Crippen molar-refractivity contribution in [2.45, 2.75) is 31.8 Å². The van der Waals surface area contributed by atoms with Gasteiger partial charge in [0.25, 0.3) is 0 Å². The van der Waals surface area contributed by atoms with E-state index >= 15 is 0 Å². The van der Waals surface area contributed by atoms with Crippen molar-refractivity contribution in [1.82, 2.24) is 5.32 Å². The molecular formula is C16H18ClNOS. The molecule has 2 nitrogen and oxygen atoms in total. The zero-order chi connectivity index (χ0) is 13.8. The third-order valence-electron chi connectivity index (χ3n) is 3.35. The lowest BCUT2D eigenvalue weighted by atomic mass is 10.2. The van der Waals surface area contributed by atoms with Crippen LogP contribution in [0.1, 0.15) is 23.3 Å². The fraction of sp³-hybridized carbons (Fsp3) is 0.375. The van der Waals surface area contributed by atoms with Crippen molar-refractivity contribution >= 4 is 22.9 Å². The van der Waals surface area contributed by atoms with Gasteiger partial charge >= 0.3 is 0 Å². The predicted octanol–water partition coefficient (Wildman–Crippen LogP) is 4.28. The van der Waals surface area contributed by atoms with E-state index < -0.39 is 0 Å². The highest BCUT2D eigenvalue weighted by Crippen LogP contribution is 2.26. The summed E-state index contributed by atoms with van der Waals surface area (Å²) in [6, 6.07) is 11.0. The number of hydrogen-bond acceptors (Lipinski definition) is 3. The second kappa shape index (κ2) is 6.61. The van der Waals surface area contributed by atoms with Crippen LogP contribution in [-0.2, 0) is 13.0 Å². The number of benzene rings is 1. The Morgan fingerprint density at radius 3 is 2.90 bits per heavy atom. The molecule has 0 saturated heterocycles. The molecule has 0 radical (unpaired) electrons. The van der Waals surface area contributed by atoms with E-state index in [1.807, 2.05) is 12.1 Å². The summed E-state index contributed by atoms with van der Waals surface area (Å²) in [4.78, 5) is 1.34. The number of thiophene rings is 1. The Bertz CT molecular complexity index is 552. The van der Waals surface area contributed by atoms with Crippen LogP contribution in [0.4, 0.5) is 0 Å². The van der Waals surface area contributed by atoms with Crippen LogP contribution in [0.3, 0.4) is 0 Å². The van der Waals surface area contributed by atoms with Gasteiger partial charge in [0.1, 0.15) is 5.75 Å². The van der Waals surface area contributed by atoms with Gasteiger partial charge in [-0.1, -0.05) is 23.7 Å². The van der Waals surface area contributed by atoms with Gasteiger partial charge in [-0.05, 0) is 42.0 Å². The Morgan fingerprint density at radius 1 is 1.30 bits per heavy atom. The highest BCUT2D eigenvalue weighted by atomic mass is 35.5. The van der Waals surface area contributed by atoms with Crippen molar-refractivity contribution < 1.29 is 4.74 Å². The van der Waals surface area contributed by atoms with E-state index in [2.05, 4.69) is 28.9 Å². The maximum absolute atomic E-state index is 6.27. The van der Waals surface area contributed by atoms with E-state index in [0.29, 0.717) is 11.6 Å². The van der Waals surface area contributed by atoms with Gasteiger partial charge in [-0.25, -0.2) is 0 Å². The van der Waals surface area contributed by atoms with Crippen LogP contribution in [0.15, 0.2) is 35.7 Å². The van der Waals surface area contributed by atoms with Crippen molar-refractivity contribution in [2.75, 3.05) is 6.61 Å². The minimum Gasteiger partial charge on any atom is -0.492 e. The lowest BCUT2D eigenvalue weighted by molar-refractivity contribution is 0.323. The van der Waals surface area contributed by atoms with Crippen molar-refractivity contribution in [1.29, 1.82) is 0 Å². The molecule has 0 atom stereocenters. The SMILES string of the molecule is Clc1cc(CNC2CC2)ccc1OCCc1cccs1. The van der Waals surface area contributed by atoms with E-state index in [1.165, 1.54) is 23.3 Å². The first-order valence-corrected chi connectivity index (χ1v) is 8.24. The molecule has 0 unspecified atom stereocenters. The van der Waals surface area contributed by atoms with Crippen LogP contribution in [0, 0.1) is 0 Å². The zero-order valence-electron chi connectivity index (χ0n) is 11.3. The Hall–Kier alpha value is -1.03. The summed E-state index contributed by atoms with van der Waals surface area (Å²) in [6.45, 7) is 1.56. The molecule has 106 valence electrons. The largest absolute Gasteiger partial charge is 0.492 e. The number of ether oxygens (including phenoxy) is 1. The molecule has 1 aliphatic carbocycles. The fourth-order valence-corrected chi connectivity index (χ4v) is 2.99. The molecule has 20 heavy (non-hydrogen) atoms. The summed E-state index contributed by atoms with van der Waals surface area (Å²) < 4.78 is 5.76. The molecule has 2 aromatic rings. The first kappa shape index (κ1) is 13.9. The van der Waals surface area contributed by atoms with Gasteiger partial charge in [-0.15, -0.1) is 11.3 Å². The van der Waals surface area contributed by atoms with E-state index in [0.717, 1.165) is 24.8 Å². The molecule has 3 rings (SSSR count). The van der Waals surface area contributed by atoms with E-state index in [4.69, 9.17) is 16.3 Å². The molecule has 0 bridgehead atoms. The second-order valence-electron chi connectivity index (χ2n) is 5.10. The number of rotatable bonds is 7. The quantitative estimate of drug-likeness (QED) is 0.824. The lowest BCUT2D eigenvalue weighted by Crippen LogP contribution is -2.15.